The molecule has 0 aromatic carbocycles. The number of hydrogen-bond donors (Lipinski definition) is 3. The van der Waals surface area contributed by atoms with Crippen LogP contribution in [0.3, 0.4) is 0 Å². The van der Waals surface area contributed by atoms with Crippen molar-refractivity contribution in [3.05, 3.63) is 16.1 Å². The number of nitrogens with two attached hydrogens (primary N) is 1. The molecule has 1 rings (SSSR count). The number of hydrogen-bond acceptors (Lipinski definition) is 6. The Labute approximate surface area is 114 Å². The van der Waals surface area contributed by atoms with E-state index in [2.05, 4.69) is 10.3 Å². The summed E-state index contributed by atoms with van der Waals surface area (Å²) in [4.78, 5) is 26.4. The van der Waals surface area contributed by atoms with Gasteiger partial charge in [-0.05, 0) is 13.3 Å². The van der Waals surface area contributed by atoms with Crippen LogP contribution in [0, 0.1) is 0 Å². The lowest BCUT2D eigenvalue weighted by atomic mass is 10.2. The number of nitrogens with zero attached hydrogens (tertiary/aromatic N) is 1. The average molecular weight is 287 g/mol. The Hall–Kier alpha value is -1.51. The maximum Gasteiger partial charge on any atom is 0.355 e. The zero-order chi connectivity index (χ0) is 14.4. The van der Waals surface area contributed by atoms with Crippen LogP contribution in [0.4, 0.5) is 0 Å². The van der Waals surface area contributed by atoms with Crippen molar-refractivity contribution < 1.29 is 19.4 Å². The van der Waals surface area contributed by atoms with E-state index in [1.165, 1.54) is 23.8 Å². The van der Waals surface area contributed by atoms with Crippen LogP contribution in [-0.4, -0.2) is 41.7 Å². The lowest BCUT2D eigenvalue weighted by Gasteiger charge is -2.15. The number of carbonyl (C=O) groups is 2. The maximum absolute atomic E-state index is 11.7. The molecule has 2 unspecified atom stereocenters. The highest BCUT2D eigenvalue weighted by Crippen LogP contribution is 2.18. The summed E-state index contributed by atoms with van der Waals surface area (Å²) >= 11 is 1.19. The first-order chi connectivity index (χ1) is 8.95. The lowest BCUT2D eigenvalue weighted by molar-refractivity contribution is -0.123. The van der Waals surface area contributed by atoms with E-state index in [0.717, 1.165) is 0 Å². The third kappa shape index (κ3) is 4.58. The molecule has 0 aliphatic heterocycles. The number of carboxylic acid groups (broad SMARTS) is 1. The van der Waals surface area contributed by atoms with Gasteiger partial charge in [0.1, 0.15) is 5.01 Å². The SMILES string of the molecule is COCCC(N)C(=O)NC(C)c1nc(C(=O)O)cs1. The fraction of sp³-hybridized carbons (Fsp3) is 0.545. The molecular formula is C11H17N3O4S. The number of nitrogens with one attached hydrogen (secondary N) is 1. The first kappa shape index (κ1) is 15.5. The molecule has 1 amide bonds. The number of carbonyl (C=O) groups excluding carboxylic acids is 1. The van der Waals surface area contributed by atoms with E-state index >= 15 is 0 Å². The van der Waals surface area contributed by atoms with Gasteiger partial charge < -0.3 is 20.9 Å². The van der Waals surface area contributed by atoms with Crippen molar-refractivity contribution in [2.45, 2.75) is 25.4 Å². The minimum atomic E-state index is -1.09. The van der Waals surface area contributed by atoms with Crippen molar-refractivity contribution >= 4 is 23.2 Å². The molecule has 0 radical (unpaired) electrons. The average Bonchev–Trinajstić information content (AvgIpc) is 2.85. The van der Waals surface area contributed by atoms with Crippen molar-refractivity contribution in [3.8, 4) is 0 Å². The molecule has 4 N–H and O–H groups in total. The fourth-order valence-electron chi connectivity index (χ4n) is 1.34. The van der Waals surface area contributed by atoms with Gasteiger partial charge in [-0.15, -0.1) is 11.3 Å². The van der Waals surface area contributed by atoms with Gasteiger partial charge in [-0.3, -0.25) is 4.79 Å². The second-order valence-electron chi connectivity index (χ2n) is 3.99. The van der Waals surface area contributed by atoms with Gasteiger partial charge in [0.2, 0.25) is 5.91 Å². The molecule has 0 saturated carbocycles. The fourth-order valence-corrected chi connectivity index (χ4v) is 2.14. The summed E-state index contributed by atoms with van der Waals surface area (Å²) in [5.74, 6) is -1.39. The Morgan fingerprint density at radius 1 is 1.63 bits per heavy atom. The quantitative estimate of drug-likeness (QED) is 0.668. The van der Waals surface area contributed by atoms with Crippen molar-refractivity contribution in [2.24, 2.45) is 5.73 Å². The normalized spacial score (nSPS) is 13.8. The number of thiazole rings is 1. The first-order valence-electron chi connectivity index (χ1n) is 5.69. The topological polar surface area (TPSA) is 115 Å². The van der Waals surface area contributed by atoms with E-state index in [4.69, 9.17) is 15.6 Å². The molecule has 1 aromatic rings. The van der Waals surface area contributed by atoms with Crippen LogP contribution in [0.15, 0.2) is 5.38 Å². The van der Waals surface area contributed by atoms with Crippen molar-refractivity contribution in [3.63, 3.8) is 0 Å². The molecule has 106 valence electrons. The summed E-state index contributed by atoms with van der Waals surface area (Å²) in [6.45, 7) is 2.13. The molecule has 0 aliphatic rings. The molecule has 0 saturated heterocycles. The highest BCUT2D eigenvalue weighted by Gasteiger charge is 2.19. The number of rotatable bonds is 7. The summed E-state index contributed by atoms with van der Waals surface area (Å²) in [5, 5.41) is 13.4. The number of aromatic carboxylic acids is 1. The third-order valence-corrected chi connectivity index (χ3v) is 3.47. The van der Waals surface area contributed by atoms with E-state index in [1.807, 2.05) is 0 Å². The summed E-state index contributed by atoms with van der Waals surface area (Å²) in [5.41, 5.74) is 5.66. The van der Waals surface area contributed by atoms with E-state index in [-0.39, 0.29) is 17.6 Å². The van der Waals surface area contributed by atoms with E-state index in [0.29, 0.717) is 18.0 Å². The van der Waals surface area contributed by atoms with E-state index in [1.54, 1.807) is 6.92 Å². The highest BCUT2D eigenvalue weighted by atomic mass is 32.1. The molecule has 2 atom stereocenters. The Balaban J connectivity index is 2.55. The number of methoxy groups -OCH3 is 1. The van der Waals surface area contributed by atoms with Crippen LogP contribution < -0.4 is 11.1 Å². The van der Waals surface area contributed by atoms with Gasteiger partial charge in [-0.25, -0.2) is 9.78 Å². The van der Waals surface area contributed by atoms with E-state index < -0.39 is 12.0 Å². The summed E-state index contributed by atoms with van der Waals surface area (Å²) in [6.07, 6.45) is 0.424. The summed E-state index contributed by atoms with van der Waals surface area (Å²) < 4.78 is 4.85. The van der Waals surface area contributed by atoms with Gasteiger partial charge in [-0.1, -0.05) is 0 Å². The van der Waals surface area contributed by atoms with Gasteiger partial charge in [0, 0.05) is 19.1 Å². The standard InChI is InChI=1S/C11H17N3O4S/c1-6(10-14-8(5-19-10)11(16)17)13-9(15)7(12)3-4-18-2/h5-7H,3-4,12H2,1-2H3,(H,13,15)(H,16,17). The third-order valence-electron chi connectivity index (χ3n) is 2.44. The molecule has 0 spiro atoms. The molecule has 8 heteroatoms. The summed E-state index contributed by atoms with van der Waals surface area (Å²) in [6, 6.07) is -1.03. The van der Waals surface area contributed by atoms with Crippen molar-refractivity contribution in [1.29, 1.82) is 0 Å². The Bertz CT molecular complexity index is 449. The zero-order valence-electron chi connectivity index (χ0n) is 10.8. The monoisotopic (exact) mass is 287 g/mol. The van der Waals surface area contributed by atoms with Crippen molar-refractivity contribution in [1.82, 2.24) is 10.3 Å². The van der Waals surface area contributed by atoms with Gasteiger partial charge >= 0.3 is 5.97 Å². The van der Waals surface area contributed by atoms with Crippen LogP contribution in [0.1, 0.15) is 34.9 Å². The second kappa shape index (κ2) is 7.17. The first-order valence-corrected chi connectivity index (χ1v) is 6.57. The predicted octanol–water partition coefficient (Wildman–Crippen LogP) is 0.382. The van der Waals surface area contributed by atoms with Crippen LogP contribution in [-0.2, 0) is 9.53 Å². The van der Waals surface area contributed by atoms with Crippen LogP contribution >= 0.6 is 11.3 Å². The van der Waals surface area contributed by atoms with Gasteiger partial charge in [-0.2, -0.15) is 0 Å². The minimum absolute atomic E-state index is 0.0234. The molecule has 19 heavy (non-hydrogen) atoms. The van der Waals surface area contributed by atoms with Crippen LogP contribution in [0.5, 0.6) is 0 Å². The maximum atomic E-state index is 11.7. The Morgan fingerprint density at radius 3 is 2.84 bits per heavy atom. The molecule has 7 nitrogen and oxygen atoms in total. The molecule has 1 aromatic heterocycles. The Morgan fingerprint density at radius 2 is 2.32 bits per heavy atom. The van der Waals surface area contributed by atoms with Gasteiger partial charge in [0.25, 0.3) is 0 Å². The molecule has 0 bridgehead atoms. The van der Waals surface area contributed by atoms with Crippen LogP contribution in [0.2, 0.25) is 0 Å². The van der Waals surface area contributed by atoms with E-state index in [9.17, 15) is 9.59 Å². The number of amides is 1. The van der Waals surface area contributed by atoms with Crippen molar-refractivity contribution in [2.75, 3.05) is 13.7 Å². The Kier molecular flexibility index (Phi) is 5.87. The lowest BCUT2D eigenvalue weighted by Crippen LogP contribution is -2.42. The summed E-state index contributed by atoms with van der Waals surface area (Å²) in [7, 11) is 1.54. The zero-order valence-corrected chi connectivity index (χ0v) is 11.6. The van der Waals surface area contributed by atoms with Gasteiger partial charge in [0.05, 0.1) is 12.1 Å². The number of aromatic nitrogens is 1. The van der Waals surface area contributed by atoms with Gasteiger partial charge in [0.15, 0.2) is 5.69 Å². The number of ether oxygens (including phenoxy) is 1. The predicted molar refractivity (Wildman–Crippen MR) is 70.1 cm³/mol. The highest BCUT2D eigenvalue weighted by molar-refractivity contribution is 7.09. The molecular weight excluding hydrogens is 270 g/mol. The molecule has 0 fully saturated rings. The molecule has 0 aliphatic carbocycles. The van der Waals surface area contributed by atoms with Crippen LogP contribution in [0.25, 0.3) is 0 Å². The second-order valence-corrected chi connectivity index (χ2v) is 4.88. The largest absolute Gasteiger partial charge is 0.476 e. The smallest absolute Gasteiger partial charge is 0.355 e. The molecule has 1 heterocycles. The minimum Gasteiger partial charge on any atom is -0.476 e. The number of carboxylic acids is 1.